The summed E-state index contributed by atoms with van der Waals surface area (Å²) in [5, 5.41) is 3.17. The summed E-state index contributed by atoms with van der Waals surface area (Å²) in [4.78, 5) is 25.0. The largest absolute Gasteiger partial charge is 0.330 e. The fourth-order valence-electron chi connectivity index (χ4n) is 3.57. The van der Waals surface area contributed by atoms with Crippen molar-refractivity contribution in [2.24, 2.45) is 0 Å². The number of hydrogen-bond acceptors (Lipinski definition) is 4. The lowest BCUT2D eigenvalue weighted by atomic mass is 9.97. The van der Waals surface area contributed by atoms with E-state index in [1.54, 1.807) is 12.4 Å². The van der Waals surface area contributed by atoms with Crippen molar-refractivity contribution in [1.82, 2.24) is 9.97 Å². The van der Waals surface area contributed by atoms with Gasteiger partial charge in [0.25, 0.3) is 5.91 Å². The van der Waals surface area contributed by atoms with Gasteiger partial charge in [-0.25, -0.2) is 9.97 Å². The van der Waals surface area contributed by atoms with Gasteiger partial charge < -0.3 is 15.1 Å². The predicted octanol–water partition coefficient (Wildman–Crippen LogP) is 1.72. The van der Waals surface area contributed by atoms with Crippen LogP contribution in [0, 0.1) is 0 Å². The van der Waals surface area contributed by atoms with Gasteiger partial charge in [0.1, 0.15) is 0 Å². The van der Waals surface area contributed by atoms with Gasteiger partial charge in [-0.3, -0.25) is 4.79 Å². The number of quaternary nitrogens is 1. The maximum atomic E-state index is 12.9. The van der Waals surface area contributed by atoms with Crippen molar-refractivity contribution in [1.29, 1.82) is 0 Å². The summed E-state index contributed by atoms with van der Waals surface area (Å²) in [7, 11) is 0. The molecule has 1 aliphatic rings. The zero-order valence-electron chi connectivity index (χ0n) is 16.5. The van der Waals surface area contributed by atoms with E-state index in [4.69, 9.17) is 0 Å². The van der Waals surface area contributed by atoms with E-state index in [2.05, 4.69) is 40.1 Å². The van der Waals surface area contributed by atoms with Crippen LogP contribution in [0.25, 0.3) is 0 Å². The molecule has 1 amide bonds. The van der Waals surface area contributed by atoms with Crippen LogP contribution in [0.3, 0.4) is 0 Å². The lowest BCUT2D eigenvalue weighted by Gasteiger charge is -2.34. The van der Waals surface area contributed by atoms with Crippen molar-refractivity contribution >= 4 is 17.5 Å². The number of rotatable bonds is 6. The summed E-state index contributed by atoms with van der Waals surface area (Å²) in [6.45, 7) is 9.92. The van der Waals surface area contributed by atoms with Gasteiger partial charge in [0.05, 0.1) is 26.2 Å². The third kappa shape index (κ3) is 4.63. The van der Waals surface area contributed by atoms with Crippen molar-refractivity contribution in [3.05, 3.63) is 48.3 Å². The van der Waals surface area contributed by atoms with E-state index in [1.165, 1.54) is 10.5 Å². The highest BCUT2D eigenvalue weighted by Crippen LogP contribution is 2.26. The highest BCUT2D eigenvalue weighted by molar-refractivity contribution is 5.94. The Morgan fingerprint density at radius 1 is 1.15 bits per heavy atom. The first kappa shape index (κ1) is 19.3. The normalized spacial score (nSPS) is 17.4. The van der Waals surface area contributed by atoms with E-state index in [0.29, 0.717) is 5.92 Å². The van der Waals surface area contributed by atoms with E-state index >= 15 is 0 Å². The Balaban J connectivity index is 1.59. The Labute approximate surface area is 161 Å². The molecule has 2 N–H and O–H groups in total. The van der Waals surface area contributed by atoms with Crippen LogP contribution < -0.4 is 15.1 Å². The Morgan fingerprint density at radius 3 is 2.48 bits per heavy atom. The number of benzene rings is 1. The van der Waals surface area contributed by atoms with Crippen molar-refractivity contribution < 1.29 is 9.69 Å². The molecule has 6 heteroatoms. The molecule has 3 rings (SSSR count). The van der Waals surface area contributed by atoms with Gasteiger partial charge in [0.15, 0.2) is 6.04 Å². The number of amides is 1. The third-order valence-corrected chi connectivity index (χ3v) is 5.61. The standard InChI is InChI=1S/C21H29N5O/c1-4-16(2)18-8-5-6-9-19(18)24-20(27)17(3)25-12-14-26(15-13-25)21-22-10-7-11-23-21/h5-11,16-17H,4,12-15H2,1-3H3,(H,24,27)/p+1/t16-,17-/m1/s1. The highest BCUT2D eigenvalue weighted by atomic mass is 16.2. The number of nitrogens with one attached hydrogen (secondary N) is 2. The summed E-state index contributed by atoms with van der Waals surface area (Å²) in [5.41, 5.74) is 2.15. The number of carbonyl (C=O) groups is 1. The van der Waals surface area contributed by atoms with Gasteiger partial charge in [0.2, 0.25) is 5.95 Å². The summed E-state index contributed by atoms with van der Waals surface area (Å²) < 4.78 is 0. The van der Waals surface area contributed by atoms with E-state index in [9.17, 15) is 4.79 Å². The first-order valence-electron chi connectivity index (χ1n) is 9.86. The maximum Gasteiger partial charge on any atom is 0.282 e. The molecule has 2 heterocycles. The third-order valence-electron chi connectivity index (χ3n) is 5.61. The number of piperazine rings is 1. The van der Waals surface area contributed by atoms with Crippen LogP contribution in [0.5, 0.6) is 0 Å². The molecule has 1 aliphatic heterocycles. The van der Waals surface area contributed by atoms with Gasteiger partial charge in [0, 0.05) is 18.1 Å². The van der Waals surface area contributed by atoms with Crippen LogP contribution in [-0.4, -0.2) is 48.1 Å². The number of hydrogen-bond donors (Lipinski definition) is 2. The summed E-state index contributed by atoms with van der Waals surface area (Å²) in [6.07, 6.45) is 4.59. The molecule has 1 aromatic carbocycles. The molecular formula is C21H30N5O+. The molecular weight excluding hydrogens is 338 g/mol. The number of nitrogens with zero attached hydrogens (tertiary/aromatic N) is 3. The van der Waals surface area contributed by atoms with E-state index < -0.39 is 0 Å². The van der Waals surface area contributed by atoms with Crippen LogP contribution >= 0.6 is 0 Å². The Morgan fingerprint density at radius 2 is 1.81 bits per heavy atom. The predicted molar refractivity (Wildman–Crippen MR) is 108 cm³/mol. The second-order valence-corrected chi connectivity index (χ2v) is 7.30. The molecule has 0 bridgehead atoms. The monoisotopic (exact) mass is 368 g/mol. The summed E-state index contributed by atoms with van der Waals surface area (Å²) >= 11 is 0. The van der Waals surface area contributed by atoms with Gasteiger partial charge >= 0.3 is 0 Å². The van der Waals surface area contributed by atoms with Gasteiger partial charge in [-0.15, -0.1) is 0 Å². The number of anilines is 2. The Hall–Kier alpha value is -2.47. The lowest BCUT2D eigenvalue weighted by Crippen LogP contribution is -3.19. The van der Waals surface area contributed by atoms with Crippen molar-refractivity contribution in [2.75, 3.05) is 36.4 Å². The molecule has 6 nitrogen and oxygen atoms in total. The average Bonchev–Trinajstić information content (AvgIpc) is 2.73. The molecule has 0 spiro atoms. The zero-order valence-corrected chi connectivity index (χ0v) is 16.5. The van der Waals surface area contributed by atoms with E-state index in [0.717, 1.165) is 44.2 Å². The van der Waals surface area contributed by atoms with Crippen molar-refractivity contribution in [2.45, 2.75) is 39.2 Å². The topological polar surface area (TPSA) is 62.6 Å². The molecule has 144 valence electrons. The second-order valence-electron chi connectivity index (χ2n) is 7.30. The molecule has 1 aromatic heterocycles. The molecule has 2 aromatic rings. The minimum absolute atomic E-state index is 0.0881. The minimum Gasteiger partial charge on any atom is -0.330 e. The van der Waals surface area contributed by atoms with Crippen LogP contribution in [0.4, 0.5) is 11.6 Å². The minimum atomic E-state index is -0.0890. The van der Waals surface area contributed by atoms with E-state index in [-0.39, 0.29) is 11.9 Å². The summed E-state index contributed by atoms with van der Waals surface area (Å²) in [5.74, 6) is 1.29. The van der Waals surface area contributed by atoms with Crippen LogP contribution in [-0.2, 0) is 4.79 Å². The molecule has 0 saturated carbocycles. The maximum absolute atomic E-state index is 12.9. The van der Waals surface area contributed by atoms with Gasteiger partial charge in [-0.1, -0.05) is 32.0 Å². The number of aromatic nitrogens is 2. The number of carbonyl (C=O) groups excluding carboxylic acids is 1. The zero-order chi connectivity index (χ0) is 19.2. The number of para-hydroxylation sites is 1. The first-order valence-corrected chi connectivity index (χ1v) is 9.86. The van der Waals surface area contributed by atoms with Gasteiger partial charge in [-0.05, 0) is 37.0 Å². The smallest absolute Gasteiger partial charge is 0.282 e. The quantitative estimate of drug-likeness (QED) is 0.815. The summed E-state index contributed by atoms with van der Waals surface area (Å²) in [6, 6.07) is 9.88. The molecule has 27 heavy (non-hydrogen) atoms. The molecule has 2 atom stereocenters. The fourth-order valence-corrected chi connectivity index (χ4v) is 3.57. The van der Waals surface area contributed by atoms with Crippen LogP contribution in [0.1, 0.15) is 38.7 Å². The molecule has 0 radical (unpaired) electrons. The molecule has 1 saturated heterocycles. The highest BCUT2D eigenvalue weighted by Gasteiger charge is 2.30. The van der Waals surface area contributed by atoms with Crippen molar-refractivity contribution in [3.8, 4) is 0 Å². The Bertz CT molecular complexity index is 743. The second kappa shape index (κ2) is 8.95. The Kier molecular flexibility index (Phi) is 6.40. The first-order chi connectivity index (χ1) is 13.1. The van der Waals surface area contributed by atoms with Crippen molar-refractivity contribution in [3.63, 3.8) is 0 Å². The van der Waals surface area contributed by atoms with E-state index in [1.807, 2.05) is 31.2 Å². The van der Waals surface area contributed by atoms with Crippen LogP contribution in [0.2, 0.25) is 0 Å². The molecule has 1 fully saturated rings. The molecule has 0 aliphatic carbocycles. The molecule has 0 unspecified atom stereocenters. The van der Waals surface area contributed by atoms with Crippen LogP contribution in [0.15, 0.2) is 42.7 Å². The fraction of sp³-hybridized carbons (Fsp3) is 0.476. The van der Waals surface area contributed by atoms with Gasteiger partial charge in [-0.2, -0.15) is 0 Å². The average molecular weight is 369 g/mol. The SMILES string of the molecule is CC[C@@H](C)c1ccccc1NC(=O)[C@@H](C)[NH+]1CCN(c2ncccn2)CC1. The lowest BCUT2D eigenvalue weighted by molar-refractivity contribution is -0.914.